The first-order chi connectivity index (χ1) is 14.7. The lowest BCUT2D eigenvalue weighted by Gasteiger charge is -2.32. The predicted molar refractivity (Wildman–Crippen MR) is 144 cm³/mol. The van der Waals surface area contributed by atoms with Crippen LogP contribution in [0.25, 0.3) is 0 Å². The van der Waals surface area contributed by atoms with Gasteiger partial charge in [-0.15, -0.1) is 0 Å². The van der Waals surface area contributed by atoms with E-state index in [9.17, 15) is 0 Å². The number of hydrogen-bond acceptors (Lipinski definition) is 8. The Morgan fingerprint density at radius 2 is 0.794 bits per heavy atom. The van der Waals surface area contributed by atoms with Crippen LogP contribution < -0.4 is 0 Å². The minimum Gasteiger partial charge on any atom is -0.411 e. The summed E-state index contributed by atoms with van der Waals surface area (Å²) in [6.07, 6.45) is 1.05. The average Bonchev–Trinajstić information content (AvgIpc) is 3.23. The lowest BCUT2D eigenvalue weighted by molar-refractivity contribution is 0.00578. The van der Waals surface area contributed by atoms with Crippen molar-refractivity contribution in [3.63, 3.8) is 0 Å². The average molecular weight is 488 g/mol. The van der Waals surface area contributed by atoms with Crippen LogP contribution in [0.5, 0.6) is 0 Å². The van der Waals surface area contributed by atoms with Gasteiger partial charge in [-0.25, -0.2) is 0 Å². The van der Waals surface area contributed by atoms with Crippen molar-refractivity contribution in [2.45, 2.75) is 101 Å². The summed E-state index contributed by atoms with van der Waals surface area (Å²) in [6.45, 7) is 25.0. The molecule has 0 bridgehead atoms. The Labute approximate surface area is 212 Å². The first kappa shape index (κ1) is 36.1. The maximum Gasteiger partial charge on any atom is 0.454 e. The topological polar surface area (TPSA) is 73.8 Å². The van der Waals surface area contributed by atoms with E-state index in [1.54, 1.807) is 0 Å². The van der Waals surface area contributed by atoms with Crippen molar-refractivity contribution in [1.82, 2.24) is 0 Å². The van der Waals surface area contributed by atoms with Gasteiger partial charge in [0.2, 0.25) is 0 Å². The molecule has 0 aromatic carbocycles. The van der Waals surface area contributed by atoms with E-state index < -0.39 is 0 Å². The van der Waals surface area contributed by atoms with Crippen LogP contribution in [-0.4, -0.2) is 79.3 Å². The van der Waals surface area contributed by atoms with Gasteiger partial charge in [-0.1, -0.05) is 28.7 Å². The van der Waals surface area contributed by atoms with E-state index in [1.807, 2.05) is 27.3 Å². The van der Waals surface area contributed by atoms with Gasteiger partial charge in [-0.2, -0.15) is 0 Å². The highest BCUT2D eigenvalue weighted by Gasteiger charge is 2.48. The lowest BCUT2D eigenvalue weighted by atomic mass is 9.86. The molecule has 4 aliphatic heterocycles. The van der Waals surface area contributed by atoms with Gasteiger partial charge >= 0.3 is 28.5 Å². The fourth-order valence-electron chi connectivity index (χ4n) is 3.00. The van der Waals surface area contributed by atoms with Gasteiger partial charge in [0.15, 0.2) is 0 Å². The summed E-state index contributed by atoms with van der Waals surface area (Å²) < 4.78 is 41.6. The van der Waals surface area contributed by atoms with Crippen LogP contribution in [0.4, 0.5) is 0 Å². The molecule has 0 amide bonds. The molecule has 4 heterocycles. The van der Waals surface area contributed by atoms with Gasteiger partial charge in [-0.3, -0.25) is 0 Å². The minimum atomic E-state index is -0.160. The first-order valence-corrected chi connectivity index (χ1v) is 11.8. The molecule has 0 N–H and O–H groups in total. The first-order valence-electron chi connectivity index (χ1n) is 11.8. The highest BCUT2D eigenvalue weighted by atomic mass is 16.7. The van der Waals surface area contributed by atoms with Crippen LogP contribution in [0.1, 0.15) is 62.8 Å². The molecule has 4 fully saturated rings. The zero-order valence-corrected chi connectivity index (χ0v) is 22.0. The van der Waals surface area contributed by atoms with Crippen molar-refractivity contribution in [1.29, 1.82) is 0 Å². The van der Waals surface area contributed by atoms with E-state index in [1.165, 1.54) is 0 Å². The van der Waals surface area contributed by atoms with Crippen LogP contribution in [0.2, 0.25) is 27.3 Å². The van der Waals surface area contributed by atoms with Gasteiger partial charge in [-0.05, 0) is 61.4 Å². The molecule has 0 unspecified atom stereocenters. The molecule has 4 rings (SSSR count). The van der Waals surface area contributed by atoms with E-state index in [0.717, 1.165) is 46.1 Å². The lowest BCUT2D eigenvalue weighted by Crippen LogP contribution is -2.41. The molecule has 0 spiro atoms. The van der Waals surface area contributed by atoms with Crippen LogP contribution in [0.15, 0.2) is 0 Å². The molecule has 0 aromatic heterocycles. The van der Waals surface area contributed by atoms with E-state index >= 15 is 0 Å². The molecule has 4 saturated heterocycles. The molecule has 8 nitrogen and oxygen atoms in total. The van der Waals surface area contributed by atoms with Gasteiger partial charge < -0.3 is 37.2 Å². The molecule has 34 heavy (non-hydrogen) atoms. The van der Waals surface area contributed by atoms with Crippen molar-refractivity contribution >= 4 is 28.5 Å². The third-order valence-corrected chi connectivity index (χ3v) is 5.57. The van der Waals surface area contributed by atoms with Gasteiger partial charge in [0, 0.05) is 31.8 Å². The summed E-state index contributed by atoms with van der Waals surface area (Å²) in [5.74, 6) is 0. The zero-order valence-electron chi connectivity index (χ0n) is 22.0. The fourth-order valence-corrected chi connectivity index (χ4v) is 3.00. The van der Waals surface area contributed by atoms with Crippen LogP contribution in [0.3, 0.4) is 0 Å². The highest BCUT2D eigenvalue weighted by Crippen LogP contribution is 2.36. The molecule has 12 heteroatoms. The number of rotatable bonds is 0. The standard InChI is InChI=1S/C7H15BO2.C6H13BO2.C4H9BO2.C3H7BO2.2CH4/c1-6(2)7(3,4)10-8(5)9-6;1-6(2)4-8-7(3)9-5-6;1-5-6-3-2-4-7-5;1-4-5-2-3-6-4;;/h1-5H3;4-5H2,1-3H3;2-4H2,1H3;2-3H2,1H3;2*1H4. The molecular weight excluding hydrogens is 435 g/mol. The van der Waals surface area contributed by atoms with Crippen molar-refractivity contribution in [3.05, 3.63) is 0 Å². The summed E-state index contributed by atoms with van der Waals surface area (Å²) in [5, 5.41) is 0. The van der Waals surface area contributed by atoms with Crippen molar-refractivity contribution in [2.24, 2.45) is 5.41 Å². The second-order valence-corrected chi connectivity index (χ2v) is 10.1. The Kier molecular flexibility index (Phi) is 17.7. The zero-order chi connectivity index (χ0) is 24.4. The normalized spacial score (nSPS) is 24.2. The molecule has 0 radical (unpaired) electrons. The second-order valence-electron chi connectivity index (χ2n) is 10.1. The summed E-state index contributed by atoms with van der Waals surface area (Å²) in [4.78, 5) is 0. The Hall–Kier alpha value is -0.0603. The van der Waals surface area contributed by atoms with E-state index in [2.05, 4.69) is 41.5 Å². The van der Waals surface area contributed by atoms with Crippen LogP contribution >= 0.6 is 0 Å². The second kappa shape index (κ2) is 16.6. The molecule has 0 saturated carbocycles. The molecule has 200 valence electrons. The summed E-state index contributed by atoms with van der Waals surface area (Å²) in [5.41, 5.74) is -0.106. The molecular formula is C22H52B4O8. The smallest absolute Gasteiger partial charge is 0.411 e. The van der Waals surface area contributed by atoms with Crippen LogP contribution in [-0.2, 0) is 37.2 Å². The van der Waals surface area contributed by atoms with Gasteiger partial charge in [0.05, 0.1) is 24.4 Å². The van der Waals surface area contributed by atoms with E-state index in [0.29, 0.717) is 0 Å². The van der Waals surface area contributed by atoms with Crippen molar-refractivity contribution < 1.29 is 37.2 Å². The highest BCUT2D eigenvalue weighted by molar-refractivity contribution is 6.44. The predicted octanol–water partition coefficient (Wildman–Crippen LogP) is 4.85. The third kappa shape index (κ3) is 14.5. The van der Waals surface area contributed by atoms with Crippen molar-refractivity contribution in [2.75, 3.05) is 39.6 Å². The van der Waals surface area contributed by atoms with E-state index in [4.69, 9.17) is 37.2 Å². The van der Waals surface area contributed by atoms with E-state index in [-0.39, 0.29) is 59.9 Å². The number of hydrogen-bond donors (Lipinski definition) is 0. The monoisotopic (exact) mass is 488 g/mol. The molecule has 0 aliphatic carbocycles. The van der Waals surface area contributed by atoms with Gasteiger partial charge in [0.25, 0.3) is 0 Å². The fraction of sp³-hybridized carbons (Fsp3) is 1.00. The Morgan fingerprint density at radius 3 is 0.971 bits per heavy atom. The maximum absolute atomic E-state index is 5.54. The maximum atomic E-state index is 5.54. The summed E-state index contributed by atoms with van der Waals surface area (Å²) in [7, 11) is 0.0155. The molecule has 0 atom stereocenters. The largest absolute Gasteiger partial charge is 0.454 e. The Bertz CT molecular complexity index is 487. The summed E-state index contributed by atoms with van der Waals surface area (Å²) >= 11 is 0. The van der Waals surface area contributed by atoms with Crippen molar-refractivity contribution in [3.8, 4) is 0 Å². The SMILES string of the molecule is C.C.CB1OC(C)(C)C(C)(C)O1.CB1OCC(C)(C)CO1.CB1OCCCO1.CB1OCCO1. The third-order valence-electron chi connectivity index (χ3n) is 5.57. The molecule has 0 aromatic rings. The summed E-state index contributed by atoms with van der Waals surface area (Å²) in [6, 6.07) is 0. The quantitative estimate of drug-likeness (QED) is 0.449. The Morgan fingerprint density at radius 1 is 0.471 bits per heavy atom. The van der Waals surface area contributed by atoms with Gasteiger partial charge in [0.1, 0.15) is 0 Å². The Balaban J connectivity index is 0. The van der Waals surface area contributed by atoms with Crippen LogP contribution in [0, 0.1) is 5.41 Å². The molecule has 4 aliphatic rings. The minimum absolute atomic E-state index is 0.